The first-order valence-corrected chi connectivity index (χ1v) is 5.09. The lowest BCUT2D eigenvalue weighted by molar-refractivity contribution is -0.384. The molecule has 1 aromatic carbocycles. The summed E-state index contributed by atoms with van der Waals surface area (Å²) >= 11 is 0. The lowest BCUT2D eigenvalue weighted by Crippen LogP contribution is -2.02. The van der Waals surface area contributed by atoms with Crippen molar-refractivity contribution in [2.75, 3.05) is 6.61 Å². The Labute approximate surface area is 97.3 Å². The molecule has 0 unspecified atom stereocenters. The predicted molar refractivity (Wildman–Crippen MR) is 61.4 cm³/mol. The number of nitrogens with zero attached hydrogens (tertiary/aromatic N) is 3. The minimum atomic E-state index is -0.440. The first-order chi connectivity index (χ1) is 8.22. The van der Waals surface area contributed by atoms with E-state index in [1.165, 1.54) is 12.1 Å². The molecule has 1 aromatic heterocycles. The number of aliphatic hydroxyl groups excluding tert-OH is 1. The van der Waals surface area contributed by atoms with E-state index in [0.29, 0.717) is 12.4 Å². The van der Waals surface area contributed by atoms with Gasteiger partial charge >= 0.3 is 0 Å². The second-order valence-electron chi connectivity index (χ2n) is 3.47. The van der Waals surface area contributed by atoms with Crippen molar-refractivity contribution in [1.29, 1.82) is 0 Å². The molecule has 0 spiro atoms. The summed E-state index contributed by atoms with van der Waals surface area (Å²) in [5, 5.41) is 19.4. The summed E-state index contributed by atoms with van der Waals surface area (Å²) in [6.45, 7) is 0.475. The summed E-state index contributed by atoms with van der Waals surface area (Å²) in [7, 11) is 0. The molecular weight excluding hydrogens is 222 g/mol. The van der Waals surface area contributed by atoms with Crippen LogP contribution in [0.2, 0.25) is 0 Å². The standard InChI is InChI=1S/C11H11N3O3/c15-8-7-13-6-5-12-11(13)9-1-3-10(4-2-9)14(16)17/h1-6,15H,7-8H2. The molecule has 0 fully saturated rings. The van der Waals surface area contributed by atoms with Crippen LogP contribution in [-0.4, -0.2) is 26.2 Å². The van der Waals surface area contributed by atoms with E-state index in [2.05, 4.69) is 4.98 Å². The van der Waals surface area contributed by atoms with Crippen LogP contribution in [0.1, 0.15) is 0 Å². The van der Waals surface area contributed by atoms with Gasteiger partial charge in [0.15, 0.2) is 0 Å². The molecule has 17 heavy (non-hydrogen) atoms. The molecule has 0 saturated carbocycles. The Balaban J connectivity index is 2.33. The lowest BCUT2D eigenvalue weighted by atomic mass is 10.2. The highest BCUT2D eigenvalue weighted by Gasteiger charge is 2.08. The second kappa shape index (κ2) is 4.75. The highest BCUT2D eigenvalue weighted by atomic mass is 16.6. The molecule has 1 N–H and O–H groups in total. The largest absolute Gasteiger partial charge is 0.395 e. The third-order valence-corrected chi connectivity index (χ3v) is 2.39. The maximum Gasteiger partial charge on any atom is 0.269 e. The number of hydrogen-bond acceptors (Lipinski definition) is 4. The van der Waals surface area contributed by atoms with E-state index in [9.17, 15) is 10.1 Å². The number of benzene rings is 1. The Hall–Kier alpha value is -2.21. The third-order valence-electron chi connectivity index (χ3n) is 2.39. The van der Waals surface area contributed by atoms with Gasteiger partial charge in [-0.2, -0.15) is 0 Å². The van der Waals surface area contributed by atoms with Crippen LogP contribution in [0.15, 0.2) is 36.7 Å². The van der Waals surface area contributed by atoms with Crippen LogP contribution in [0.4, 0.5) is 5.69 Å². The molecule has 0 saturated heterocycles. The number of rotatable bonds is 4. The van der Waals surface area contributed by atoms with E-state index in [4.69, 9.17) is 5.11 Å². The number of aromatic nitrogens is 2. The first-order valence-electron chi connectivity index (χ1n) is 5.09. The van der Waals surface area contributed by atoms with E-state index in [1.54, 1.807) is 29.1 Å². The van der Waals surface area contributed by atoms with Crippen molar-refractivity contribution in [2.24, 2.45) is 0 Å². The average Bonchev–Trinajstić information content (AvgIpc) is 2.78. The van der Waals surface area contributed by atoms with E-state index in [0.717, 1.165) is 5.56 Å². The fourth-order valence-corrected chi connectivity index (χ4v) is 1.59. The summed E-state index contributed by atoms with van der Waals surface area (Å²) in [5.41, 5.74) is 0.836. The monoisotopic (exact) mass is 233 g/mol. The van der Waals surface area contributed by atoms with Gasteiger partial charge in [-0.05, 0) is 12.1 Å². The van der Waals surface area contributed by atoms with Crippen LogP contribution in [0.5, 0.6) is 0 Å². The SMILES string of the molecule is O=[N+]([O-])c1ccc(-c2nccn2CCO)cc1. The van der Waals surface area contributed by atoms with Gasteiger partial charge in [-0.15, -0.1) is 0 Å². The van der Waals surface area contributed by atoms with Crippen molar-refractivity contribution in [3.8, 4) is 11.4 Å². The first kappa shape index (κ1) is 11.3. The van der Waals surface area contributed by atoms with E-state index >= 15 is 0 Å². The van der Waals surface area contributed by atoms with Crippen LogP contribution in [0.3, 0.4) is 0 Å². The Morgan fingerprint density at radius 2 is 2.06 bits per heavy atom. The van der Waals surface area contributed by atoms with Crippen molar-refractivity contribution in [1.82, 2.24) is 9.55 Å². The Morgan fingerprint density at radius 3 is 2.65 bits per heavy atom. The molecule has 0 aliphatic heterocycles. The van der Waals surface area contributed by atoms with Crippen molar-refractivity contribution in [3.05, 3.63) is 46.8 Å². The smallest absolute Gasteiger partial charge is 0.269 e. The van der Waals surface area contributed by atoms with E-state index < -0.39 is 4.92 Å². The normalized spacial score (nSPS) is 10.4. The Kier molecular flexibility index (Phi) is 3.15. The fourth-order valence-electron chi connectivity index (χ4n) is 1.59. The summed E-state index contributed by atoms with van der Waals surface area (Å²) in [4.78, 5) is 14.2. The summed E-state index contributed by atoms with van der Waals surface area (Å²) in [5.74, 6) is 0.689. The second-order valence-corrected chi connectivity index (χ2v) is 3.47. The number of imidazole rings is 1. The molecule has 0 atom stereocenters. The molecule has 0 aliphatic carbocycles. The summed E-state index contributed by atoms with van der Waals surface area (Å²) in [6, 6.07) is 6.17. The number of nitro benzene ring substituents is 1. The summed E-state index contributed by atoms with van der Waals surface area (Å²) < 4.78 is 1.79. The zero-order valence-electron chi connectivity index (χ0n) is 8.98. The zero-order valence-corrected chi connectivity index (χ0v) is 8.98. The van der Waals surface area contributed by atoms with Gasteiger partial charge in [0.05, 0.1) is 11.5 Å². The molecule has 1 heterocycles. The van der Waals surface area contributed by atoms with Crippen LogP contribution in [0, 0.1) is 10.1 Å². The van der Waals surface area contributed by atoms with Crippen LogP contribution < -0.4 is 0 Å². The van der Waals surface area contributed by atoms with Crippen LogP contribution in [0.25, 0.3) is 11.4 Å². The molecule has 0 radical (unpaired) electrons. The highest BCUT2D eigenvalue weighted by Crippen LogP contribution is 2.20. The van der Waals surface area contributed by atoms with Gasteiger partial charge in [-0.25, -0.2) is 4.98 Å². The zero-order chi connectivity index (χ0) is 12.3. The lowest BCUT2D eigenvalue weighted by Gasteiger charge is -2.05. The highest BCUT2D eigenvalue weighted by molar-refractivity contribution is 5.57. The molecule has 2 rings (SSSR count). The van der Waals surface area contributed by atoms with Crippen molar-refractivity contribution >= 4 is 5.69 Å². The molecule has 0 amide bonds. The average molecular weight is 233 g/mol. The number of aliphatic hydroxyl groups is 1. The van der Waals surface area contributed by atoms with Gasteiger partial charge in [0.1, 0.15) is 5.82 Å². The minimum absolute atomic E-state index is 0.0241. The fraction of sp³-hybridized carbons (Fsp3) is 0.182. The molecule has 2 aromatic rings. The molecule has 0 aliphatic rings. The van der Waals surface area contributed by atoms with Crippen LogP contribution in [-0.2, 0) is 6.54 Å². The number of nitro groups is 1. The molecular formula is C11H11N3O3. The van der Waals surface area contributed by atoms with Gasteiger partial charge < -0.3 is 9.67 Å². The molecule has 88 valence electrons. The van der Waals surface area contributed by atoms with Crippen molar-refractivity contribution in [2.45, 2.75) is 6.54 Å². The number of non-ortho nitro benzene ring substituents is 1. The van der Waals surface area contributed by atoms with E-state index in [-0.39, 0.29) is 12.3 Å². The van der Waals surface area contributed by atoms with E-state index in [1.807, 2.05) is 0 Å². The molecule has 6 heteroatoms. The van der Waals surface area contributed by atoms with Crippen molar-refractivity contribution in [3.63, 3.8) is 0 Å². The predicted octanol–water partition coefficient (Wildman–Crippen LogP) is 1.45. The van der Waals surface area contributed by atoms with Crippen LogP contribution >= 0.6 is 0 Å². The van der Waals surface area contributed by atoms with Gasteiger partial charge in [0, 0.05) is 36.6 Å². The Morgan fingerprint density at radius 1 is 1.35 bits per heavy atom. The maximum atomic E-state index is 10.5. The third kappa shape index (κ3) is 2.31. The van der Waals surface area contributed by atoms with Gasteiger partial charge in [-0.1, -0.05) is 0 Å². The molecule has 6 nitrogen and oxygen atoms in total. The van der Waals surface area contributed by atoms with Crippen molar-refractivity contribution < 1.29 is 10.0 Å². The van der Waals surface area contributed by atoms with Gasteiger partial charge in [-0.3, -0.25) is 10.1 Å². The summed E-state index contributed by atoms with van der Waals surface area (Å²) in [6.07, 6.45) is 3.39. The van der Waals surface area contributed by atoms with Gasteiger partial charge in [0.25, 0.3) is 5.69 Å². The Bertz CT molecular complexity index is 519. The minimum Gasteiger partial charge on any atom is -0.395 e. The maximum absolute atomic E-state index is 10.5. The quantitative estimate of drug-likeness (QED) is 0.640. The molecule has 0 bridgehead atoms. The number of hydrogen-bond donors (Lipinski definition) is 1. The topological polar surface area (TPSA) is 81.2 Å². The van der Waals surface area contributed by atoms with Gasteiger partial charge in [0.2, 0.25) is 0 Å².